The SMILES string of the molecule is Cc1c(CSc2nc3ccccc3[nH]2)cccc1SCCNS(=O)(=O)c1ccc(S(C)(=O)=O)cc1. The number of hydrogen-bond acceptors (Lipinski definition) is 7. The number of sulfonamides is 1. The predicted molar refractivity (Wildman–Crippen MR) is 142 cm³/mol. The van der Waals surface area contributed by atoms with Crippen LogP contribution in [0.25, 0.3) is 11.0 Å². The van der Waals surface area contributed by atoms with Crippen molar-refractivity contribution < 1.29 is 16.8 Å². The molecule has 0 unspecified atom stereocenters. The van der Waals surface area contributed by atoms with Crippen LogP contribution in [0.5, 0.6) is 0 Å². The smallest absolute Gasteiger partial charge is 0.240 e. The molecule has 1 heterocycles. The fourth-order valence-corrected chi connectivity index (χ4v) is 7.09. The Hall–Kier alpha value is -2.31. The van der Waals surface area contributed by atoms with Gasteiger partial charge >= 0.3 is 0 Å². The minimum Gasteiger partial charge on any atom is -0.333 e. The Bertz CT molecular complexity index is 1510. The maximum absolute atomic E-state index is 12.5. The summed E-state index contributed by atoms with van der Waals surface area (Å²) in [6.45, 7) is 2.32. The number of aromatic amines is 1. The lowest BCUT2D eigenvalue weighted by Crippen LogP contribution is -2.26. The van der Waals surface area contributed by atoms with Gasteiger partial charge in [0.15, 0.2) is 15.0 Å². The third-order valence-corrected chi connectivity index (χ3v) is 10.0. The van der Waals surface area contributed by atoms with Crippen LogP contribution in [-0.2, 0) is 25.6 Å². The van der Waals surface area contributed by atoms with E-state index in [-0.39, 0.29) is 16.3 Å². The van der Waals surface area contributed by atoms with Gasteiger partial charge in [0.2, 0.25) is 10.0 Å². The van der Waals surface area contributed by atoms with Crippen LogP contribution in [0.15, 0.2) is 86.6 Å². The second-order valence-electron chi connectivity index (χ2n) is 7.88. The molecule has 4 rings (SSSR count). The van der Waals surface area contributed by atoms with Crippen LogP contribution in [0.2, 0.25) is 0 Å². The number of fused-ring (bicyclic) bond motifs is 1. The highest BCUT2D eigenvalue weighted by Crippen LogP contribution is 2.29. The van der Waals surface area contributed by atoms with Crippen molar-refractivity contribution in [2.24, 2.45) is 0 Å². The largest absolute Gasteiger partial charge is 0.333 e. The number of benzene rings is 3. The zero-order valence-corrected chi connectivity index (χ0v) is 22.5. The molecule has 0 aliphatic rings. The molecule has 0 spiro atoms. The van der Waals surface area contributed by atoms with E-state index in [2.05, 4.69) is 27.7 Å². The monoisotopic (exact) mass is 547 g/mol. The number of nitrogens with zero attached hydrogens (tertiary/aromatic N) is 1. The molecule has 0 amide bonds. The summed E-state index contributed by atoms with van der Waals surface area (Å²) in [5, 5.41) is 0.877. The number of para-hydroxylation sites is 2. The summed E-state index contributed by atoms with van der Waals surface area (Å²) in [6.07, 6.45) is 1.08. The first kappa shape index (κ1) is 25.8. The van der Waals surface area contributed by atoms with Crippen LogP contribution >= 0.6 is 23.5 Å². The minimum atomic E-state index is -3.72. The molecule has 184 valence electrons. The highest BCUT2D eigenvalue weighted by atomic mass is 32.2. The van der Waals surface area contributed by atoms with Crippen molar-refractivity contribution in [1.82, 2.24) is 14.7 Å². The van der Waals surface area contributed by atoms with Gasteiger partial charge in [0.25, 0.3) is 0 Å². The number of thioether (sulfide) groups is 2. The van der Waals surface area contributed by atoms with Gasteiger partial charge in [-0.15, -0.1) is 11.8 Å². The van der Waals surface area contributed by atoms with Gasteiger partial charge in [-0.3, -0.25) is 0 Å². The Labute approximate surface area is 214 Å². The van der Waals surface area contributed by atoms with Crippen LogP contribution < -0.4 is 4.72 Å². The van der Waals surface area contributed by atoms with Crippen molar-refractivity contribution in [3.05, 3.63) is 77.9 Å². The molecular formula is C24H25N3O4S4. The van der Waals surface area contributed by atoms with Gasteiger partial charge in [-0.25, -0.2) is 26.5 Å². The fraction of sp³-hybridized carbons (Fsp3) is 0.208. The average molecular weight is 548 g/mol. The Morgan fingerprint density at radius 1 is 0.886 bits per heavy atom. The van der Waals surface area contributed by atoms with E-state index < -0.39 is 19.9 Å². The molecule has 2 N–H and O–H groups in total. The van der Waals surface area contributed by atoms with E-state index in [0.29, 0.717) is 5.75 Å². The summed E-state index contributed by atoms with van der Waals surface area (Å²) < 4.78 is 50.8. The molecule has 0 saturated carbocycles. The fourth-order valence-electron chi connectivity index (χ4n) is 3.40. The molecule has 4 aromatic rings. The van der Waals surface area contributed by atoms with Crippen molar-refractivity contribution in [1.29, 1.82) is 0 Å². The van der Waals surface area contributed by atoms with E-state index in [0.717, 1.165) is 33.1 Å². The topological polar surface area (TPSA) is 109 Å². The number of hydrogen-bond donors (Lipinski definition) is 2. The Balaban J connectivity index is 1.32. The zero-order chi connectivity index (χ0) is 25.1. The van der Waals surface area contributed by atoms with Crippen LogP contribution in [0, 0.1) is 6.92 Å². The van der Waals surface area contributed by atoms with Crippen LogP contribution in [0.3, 0.4) is 0 Å². The molecule has 0 aliphatic heterocycles. The molecule has 3 aromatic carbocycles. The van der Waals surface area contributed by atoms with Crippen molar-refractivity contribution in [3.8, 4) is 0 Å². The van der Waals surface area contributed by atoms with Gasteiger partial charge in [-0.1, -0.05) is 36.0 Å². The molecule has 11 heteroatoms. The van der Waals surface area contributed by atoms with Crippen molar-refractivity contribution >= 4 is 54.4 Å². The minimum absolute atomic E-state index is 0.0377. The summed E-state index contributed by atoms with van der Waals surface area (Å²) >= 11 is 3.24. The molecule has 1 aromatic heterocycles. The Morgan fingerprint density at radius 3 is 2.31 bits per heavy atom. The van der Waals surface area contributed by atoms with Gasteiger partial charge in [0.1, 0.15) is 0 Å². The number of imidazole rings is 1. The maximum Gasteiger partial charge on any atom is 0.240 e. The van der Waals surface area contributed by atoms with Crippen molar-refractivity contribution in [2.75, 3.05) is 18.6 Å². The lowest BCUT2D eigenvalue weighted by atomic mass is 10.1. The number of H-pyrrole nitrogens is 1. The van der Waals surface area contributed by atoms with Crippen LogP contribution in [0.1, 0.15) is 11.1 Å². The number of rotatable bonds is 10. The molecule has 0 radical (unpaired) electrons. The van der Waals surface area contributed by atoms with E-state index in [1.165, 1.54) is 35.4 Å². The van der Waals surface area contributed by atoms with Gasteiger partial charge in [0.05, 0.1) is 20.8 Å². The van der Waals surface area contributed by atoms with Gasteiger partial charge < -0.3 is 4.98 Å². The lowest BCUT2D eigenvalue weighted by molar-refractivity contribution is 0.583. The van der Waals surface area contributed by atoms with E-state index >= 15 is 0 Å². The average Bonchev–Trinajstić information content (AvgIpc) is 3.24. The predicted octanol–water partition coefficient (Wildman–Crippen LogP) is 4.64. The molecule has 0 aliphatic carbocycles. The first-order chi connectivity index (χ1) is 16.6. The summed E-state index contributed by atoms with van der Waals surface area (Å²) in [4.78, 5) is 9.17. The standard InChI is InChI=1S/C24H25N3O4S4/c1-17-18(16-33-24-26-21-7-3-4-8-22(21)27-24)6-5-9-23(17)32-15-14-25-35(30,31)20-12-10-19(11-13-20)34(2,28)29/h3-13,25H,14-16H2,1-2H3,(H,26,27). The third-order valence-electron chi connectivity index (χ3n) is 5.34. The van der Waals surface area contributed by atoms with E-state index in [9.17, 15) is 16.8 Å². The number of nitrogens with one attached hydrogen (secondary N) is 2. The normalized spacial score (nSPS) is 12.3. The number of aromatic nitrogens is 2. The second kappa shape index (κ2) is 10.8. The molecule has 0 bridgehead atoms. The zero-order valence-electron chi connectivity index (χ0n) is 19.2. The highest BCUT2D eigenvalue weighted by molar-refractivity contribution is 7.99. The molecule has 7 nitrogen and oxygen atoms in total. The quantitative estimate of drug-likeness (QED) is 0.220. The second-order valence-corrected chi connectivity index (χ2v) is 13.8. The van der Waals surface area contributed by atoms with Gasteiger partial charge in [0, 0.05) is 29.2 Å². The molecule has 0 atom stereocenters. The Kier molecular flexibility index (Phi) is 7.92. The summed E-state index contributed by atoms with van der Waals surface area (Å²) in [5.74, 6) is 1.33. The highest BCUT2D eigenvalue weighted by Gasteiger charge is 2.15. The summed E-state index contributed by atoms with van der Waals surface area (Å²) in [5.41, 5.74) is 4.34. The molecule has 0 saturated heterocycles. The van der Waals surface area contributed by atoms with E-state index in [1.54, 1.807) is 23.5 Å². The first-order valence-electron chi connectivity index (χ1n) is 10.7. The van der Waals surface area contributed by atoms with E-state index in [1.807, 2.05) is 36.4 Å². The lowest BCUT2D eigenvalue weighted by Gasteiger charge is -2.11. The molecule has 0 fully saturated rings. The van der Waals surface area contributed by atoms with Gasteiger partial charge in [-0.2, -0.15) is 0 Å². The molecule has 35 heavy (non-hydrogen) atoms. The van der Waals surface area contributed by atoms with Crippen LogP contribution in [-0.4, -0.2) is 45.4 Å². The third kappa shape index (κ3) is 6.47. The summed E-state index contributed by atoms with van der Waals surface area (Å²) in [6, 6.07) is 19.3. The van der Waals surface area contributed by atoms with Gasteiger partial charge in [-0.05, 0) is 60.5 Å². The Morgan fingerprint density at radius 2 is 1.60 bits per heavy atom. The first-order valence-corrected chi connectivity index (χ1v) is 16.1. The number of sulfone groups is 1. The van der Waals surface area contributed by atoms with Crippen molar-refractivity contribution in [3.63, 3.8) is 0 Å². The maximum atomic E-state index is 12.5. The van der Waals surface area contributed by atoms with Crippen LogP contribution in [0.4, 0.5) is 0 Å². The molecular weight excluding hydrogens is 523 g/mol. The van der Waals surface area contributed by atoms with Crippen molar-refractivity contribution in [2.45, 2.75) is 32.5 Å². The summed E-state index contributed by atoms with van der Waals surface area (Å²) in [7, 11) is -7.09. The van der Waals surface area contributed by atoms with E-state index in [4.69, 9.17) is 0 Å².